The Morgan fingerprint density at radius 2 is 2.00 bits per heavy atom. The summed E-state index contributed by atoms with van der Waals surface area (Å²) in [6, 6.07) is 5.67. The Morgan fingerprint density at radius 1 is 1.44 bits per heavy atom. The van der Waals surface area contributed by atoms with Crippen molar-refractivity contribution in [2.45, 2.75) is 16.6 Å². The lowest BCUT2D eigenvalue weighted by molar-refractivity contribution is -0.142. The molecule has 0 bridgehead atoms. The van der Waals surface area contributed by atoms with Gasteiger partial charge in [-0.05, 0) is 30.7 Å². The normalized spacial score (nSPS) is 26.9. The van der Waals surface area contributed by atoms with E-state index in [1.54, 1.807) is 0 Å². The van der Waals surface area contributed by atoms with Crippen molar-refractivity contribution < 1.29 is 18.3 Å². The summed E-state index contributed by atoms with van der Waals surface area (Å²) >= 11 is 5.68. The fourth-order valence-electron chi connectivity index (χ4n) is 1.99. The van der Waals surface area contributed by atoms with E-state index in [0.29, 0.717) is 5.02 Å². The van der Waals surface area contributed by atoms with Crippen LogP contribution < -0.4 is 5.73 Å². The minimum Gasteiger partial charge on any atom is -0.481 e. The maximum absolute atomic E-state index is 12.2. The highest BCUT2D eigenvalue weighted by Crippen LogP contribution is 2.52. The van der Waals surface area contributed by atoms with Crippen LogP contribution >= 0.6 is 11.6 Å². The van der Waals surface area contributed by atoms with Crippen LogP contribution in [0, 0.1) is 5.41 Å². The minimum atomic E-state index is -3.67. The Kier molecular flexibility index (Phi) is 3.12. The second kappa shape index (κ2) is 4.22. The second-order valence-corrected chi connectivity index (χ2v) is 6.92. The van der Waals surface area contributed by atoms with Gasteiger partial charge in [0.15, 0.2) is 9.84 Å². The predicted octanol–water partition coefficient (Wildman–Crippen LogP) is 0.916. The van der Waals surface area contributed by atoms with E-state index in [9.17, 15) is 13.2 Å². The highest BCUT2D eigenvalue weighted by atomic mass is 35.5. The van der Waals surface area contributed by atoms with Crippen molar-refractivity contribution in [3.63, 3.8) is 0 Å². The Morgan fingerprint density at radius 3 is 2.39 bits per heavy atom. The Labute approximate surface area is 109 Å². The number of rotatable bonds is 4. The molecule has 0 unspecified atom stereocenters. The van der Waals surface area contributed by atoms with E-state index in [4.69, 9.17) is 22.4 Å². The van der Waals surface area contributed by atoms with E-state index in [-0.39, 0.29) is 17.9 Å². The molecule has 7 heteroatoms. The molecule has 0 heterocycles. The van der Waals surface area contributed by atoms with Crippen molar-refractivity contribution in [3.05, 3.63) is 29.3 Å². The molecule has 0 aliphatic heterocycles. The van der Waals surface area contributed by atoms with Crippen LogP contribution in [0.25, 0.3) is 0 Å². The minimum absolute atomic E-state index is 0.0593. The van der Waals surface area contributed by atoms with E-state index >= 15 is 0 Å². The molecule has 1 saturated carbocycles. The molecule has 1 fully saturated rings. The maximum Gasteiger partial charge on any atom is 0.312 e. The number of benzene rings is 1. The van der Waals surface area contributed by atoms with Gasteiger partial charge in [0, 0.05) is 11.6 Å². The van der Waals surface area contributed by atoms with E-state index in [1.807, 2.05) is 0 Å². The van der Waals surface area contributed by atoms with E-state index in [1.165, 1.54) is 24.3 Å². The number of aliphatic carboxylic acids is 1. The molecule has 98 valence electrons. The molecule has 0 saturated heterocycles. The third-order valence-electron chi connectivity index (χ3n) is 3.31. The van der Waals surface area contributed by atoms with Gasteiger partial charge in [-0.3, -0.25) is 4.79 Å². The summed E-state index contributed by atoms with van der Waals surface area (Å²) in [5.74, 6) is -1.16. The van der Waals surface area contributed by atoms with Gasteiger partial charge in [-0.25, -0.2) is 8.42 Å². The monoisotopic (exact) mass is 289 g/mol. The van der Waals surface area contributed by atoms with Crippen molar-refractivity contribution in [2.24, 2.45) is 11.1 Å². The average Bonchev–Trinajstić information content (AvgIpc) is 3.06. The van der Waals surface area contributed by atoms with Gasteiger partial charge in [0.2, 0.25) is 0 Å². The number of carboxylic acids is 1. The van der Waals surface area contributed by atoms with Crippen LogP contribution in [0.2, 0.25) is 5.02 Å². The van der Waals surface area contributed by atoms with E-state index < -0.39 is 26.5 Å². The van der Waals surface area contributed by atoms with Crippen LogP contribution in [-0.2, 0) is 14.6 Å². The number of sulfone groups is 1. The molecule has 1 aliphatic carbocycles. The number of carboxylic acid groups (broad SMARTS) is 1. The number of carbonyl (C=O) groups is 1. The number of hydrogen-bond donors (Lipinski definition) is 2. The van der Waals surface area contributed by atoms with Crippen LogP contribution in [0.15, 0.2) is 29.2 Å². The molecule has 1 aromatic carbocycles. The zero-order chi connectivity index (χ0) is 13.6. The molecular weight excluding hydrogens is 278 g/mol. The molecule has 2 rings (SSSR count). The lowest BCUT2D eigenvalue weighted by Gasteiger charge is -2.09. The third kappa shape index (κ3) is 1.90. The van der Waals surface area contributed by atoms with Crippen LogP contribution in [0.3, 0.4) is 0 Å². The van der Waals surface area contributed by atoms with Crippen LogP contribution in [0.5, 0.6) is 0 Å². The average molecular weight is 290 g/mol. The molecule has 1 aromatic rings. The number of halogens is 1. The van der Waals surface area contributed by atoms with E-state index in [2.05, 4.69) is 0 Å². The maximum atomic E-state index is 12.2. The molecule has 1 aliphatic rings. The molecule has 2 atom stereocenters. The summed E-state index contributed by atoms with van der Waals surface area (Å²) in [7, 11) is -3.67. The van der Waals surface area contributed by atoms with Crippen LogP contribution in [-0.4, -0.2) is 31.3 Å². The summed E-state index contributed by atoms with van der Waals surface area (Å²) in [5, 5.41) is 8.54. The van der Waals surface area contributed by atoms with Crippen molar-refractivity contribution in [1.29, 1.82) is 0 Å². The highest BCUT2D eigenvalue weighted by molar-refractivity contribution is 7.92. The molecule has 5 nitrogen and oxygen atoms in total. The van der Waals surface area contributed by atoms with Gasteiger partial charge in [0.05, 0.1) is 15.6 Å². The number of nitrogens with two attached hydrogens (primary N) is 1. The topological polar surface area (TPSA) is 97.5 Å². The predicted molar refractivity (Wildman–Crippen MR) is 66.2 cm³/mol. The first-order chi connectivity index (χ1) is 8.34. The fraction of sp³-hybridized carbons (Fsp3) is 0.364. The van der Waals surface area contributed by atoms with Crippen molar-refractivity contribution in [1.82, 2.24) is 0 Å². The standard InChI is InChI=1S/C11H12ClNO4S/c12-7-1-3-8(4-2-7)18(16,17)9-5-11(9,6-13)10(14)15/h1-4,9H,5-6,13H2,(H,14,15)/t9-,11+/m1/s1. The molecule has 0 amide bonds. The van der Waals surface area contributed by atoms with Crippen molar-refractivity contribution in [3.8, 4) is 0 Å². The fourth-order valence-corrected chi connectivity index (χ4v) is 4.27. The van der Waals surface area contributed by atoms with Gasteiger partial charge in [0.25, 0.3) is 0 Å². The van der Waals surface area contributed by atoms with Crippen LogP contribution in [0.4, 0.5) is 0 Å². The van der Waals surface area contributed by atoms with Gasteiger partial charge >= 0.3 is 5.97 Å². The first kappa shape index (κ1) is 13.3. The summed E-state index contributed by atoms with van der Waals surface area (Å²) in [6.45, 7) is -0.181. The number of hydrogen-bond acceptors (Lipinski definition) is 4. The molecule has 0 spiro atoms. The summed E-state index contributed by atoms with van der Waals surface area (Å²) < 4.78 is 24.4. The summed E-state index contributed by atoms with van der Waals surface area (Å²) in [6.07, 6.45) is 0.0593. The Hall–Kier alpha value is -1.11. The molecule has 18 heavy (non-hydrogen) atoms. The smallest absolute Gasteiger partial charge is 0.312 e. The first-order valence-corrected chi connectivity index (χ1v) is 7.20. The van der Waals surface area contributed by atoms with Gasteiger partial charge in [0.1, 0.15) is 0 Å². The van der Waals surface area contributed by atoms with Gasteiger partial charge in [-0.1, -0.05) is 11.6 Å². The zero-order valence-electron chi connectivity index (χ0n) is 9.34. The van der Waals surface area contributed by atoms with Gasteiger partial charge < -0.3 is 10.8 Å². The molecular formula is C11H12ClNO4S. The SMILES string of the molecule is NC[C@@]1(C(=O)O)C[C@H]1S(=O)(=O)c1ccc(Cl)cc1. The van der Waals surface area contributed by atoms with Gasteiger partial charge in [-0.15, -0.1) is 0 Å². The lowest BCUT2D eigenvalue weighted by atomic mass is 10.1. The Balaban J connectivity index is 2.35. The highest BCUT2D eigenvalue weighted by Gasteiger charge is 2.66. The van der Waals surface area contributed by atoms with Crippen molar-refractivity contribution >= 4 is 27.4 Å². The van der Waals surface area contributed by atoms with Gasteiger partial charge in [-0.2, -0.15) is 0 Å². The zero-order valence-corrected chi connectivity index (χ0v) is 10.9. The first-order valence-electron chi connectivity index (χ1n) is 5.27. The van der Waals surface area contributed by atoms with Crippen molar-refractivity contribution in [2.75, 3.05) is 6.54 Å². The quantitative estimate of drug-likeness (QED) is 0.859. The third-order valence-corrected chi connectivity index (χ3v) is 5.86. The molecule has 0 aromatic heterocycles. The van der Waals surface area contributed by atoms with Crippen LogP contribution in [0.1, 0.15) is 6.42 Å². The molecule has 3 N–H and O–H groups in total. The summed E-state index contributed by atoms with van der Waals surface area (Å²) in [4.78, 5) is 11.2. The lowest BCUT2D eigenvalue weighted by Crippen LogP contribution is -2.31. The summed E-state index contributed by atoms with van der Waals surface area (Å²) in [5.41, 5.74) is 4.06. The Bertz CT molecular complexity index is 584. The molecule has 0 radical (unpaired) electrons. The van der Waals surface area contributed by atoms with E-state index in [0.717, 1.165) is 0 Å². The largest absolute Gasteiger partial charge is 0.481 e. The second-order valence-electron chi connectivity index (χ2n) is 4.36.